The first kappa shape index (κ1) is 19.8. The van der Waals surface area contributed by atoms with Gasteiger partial charge in [-0.2, -0.15) is 0 Å². The minimum atomic E-state index is -0.212. The number of halogens is 1. The van der Waals surface area contributed by atoms with Gasteiger partial charge in [0.2, 0.25) is 0 Å². The molecule has 0 spiro atoms. The molecule has 1 aromatic rings. The molecule has 1 heterocycles. The van der Waals surface area contributed by atoms with E-state index in [1.54, 1.807) is 11.9 Å². The summed E-state index contributed by atoms with van der Waals surface area (Å²) in [5, 5.41) is 7.76. The minimum Gasteiger partial charge on any atom is -0.450 e. The predicted octanol–water partition coefficient (Wildman–Crippen LogP) is 3.16. The number of rotatable bonds is 5. The molecule has 2 fully saturated rings. The lowest BCUT2D eigenvalue weighted by Gasteiger charge is -2.32. The molecule has 0 atom stereocenters. The van der Waals surface area contributed by atoms with Crippen molar-refractivity contribution in [2.75, 3.05) is 33.3 Å². The summed E-state index contributed by atoms with van der Waals surface area (Å²) in [6.07, 6.45) is 3.89. The Hall–Kier alpha value is -1.95. The molecule has 1 saturated carbocycles. The van der Waals surface area contributed by atoms with E-state index in [0.29, 0.717) is 25.7 Å². The number of amides is 1. The Bertz CT molecular complexity index is 682. The number of ether oxygens (including phenoxy) is 1. The summed E-state index contributed by atoms with van der Waals surface area (Å²) in [6, 6.07) is 8.46. The molecule has 6 nitrogen and oxygen atoms in total. The molecule has 0 unspecified atom stereocenters. The van der Waals surface area contributed by atoms with Crippen LogP contribution in [0, 0.1) is 0 Å². The zero-order valence-corrected chi connectivity index (χ0v) is 16.9. The molecule has 7 heteroatoms. The summed E-state index contributed by atoms with van der Waals surface area (Å²) in [4.78, 5) is 17.9. The van der Waals surface area contributed by atoms with Gasteiger partial charge in [-0.1, -0.05) is 23.7 Å². The normalized spacial score (nSPS) is 19.5. The summed E-state index contributed by atoms with van der Waals surface area (Å²) in [5.74, 6) is 0.817. The fourth-order valence-electron chi connectivity index (χ4n) is 3.60. The van der Waals surface area contributed by atoms with E-state index >= 15 is 0 Å². The Morgan fingerprint density at radius 1 is 1.37 bits per heavy atom. The van der Waals surface area contributed by atoms with Gasteiger partial charge in [-0.3, -0.25) is 4.99 Å². The Kier molecular flexibility index (Phi) is 6.47. The molecule has 1 aliphatic heterocycles. The molecule has 27 heavy (non-hydrogen) atoms. The summed E-state index contributed by atoms with van der Waals surface area (Å²) >= 11 is 6.16. The molecule has 1 amide bonds. The van der Waals surface area contributed by atoms with Gasteiger partial charge in [-0.25, -0.2) is 4.79 Å². The Labute approximate surface area is 166 Å². The van der Waals surface area contributed by atoms with E-state index < -0.39 is 0 Å². The van der Waals surface area contributed by atoms with Gasteiger partial charge in [0.25, 0.3) is 0 Å². The minimum absolute atomic E-state index is 0.162. The summed E-state index contributed by atoms with van der Waals surface area (Å²) in [5.41, 5.74) is 1.45. The Morgan fingerprint density at radius 2 is 2.11 bits per heavy atom. The third-order valence-electron chi connectivity index (χ3n) is 5.47. The van der Waals surface area contributed by atoms with Gasteiger partial charge < -0.3 is 20.3 Å². The SMILES string of the molecule is CCOC(=O)N1CCC(NC(=NC)NCC2(c3cccc(Cl)c3)CC2)CC1. The number of likely N-dealkylation sites (tertiary alicyclic amines) is 1. The van der Waals surface area contributed by atoms with Gasteiger partial charge >= 0.3 is 6.09 Å². The number of aliphatic imine (C=N–C) groups is 1. The standard InChI is InChI=1S/C20H29ClN4O2/c1-3-27-19(26)25-11-7-17(8-12-25)24-18(22-2)23-14-20(9-10-20)15-5-4-6-16(21)13-15/h4-6,13,17H,3,7-12,14H2,1-2H3,(H2,22,23,24). The monoisotopic (exact) mass is 392 g/mol. The predicted molar refractivity (Wildman–Crippen MR) is 108 cm³/mol. The van der Waals surface area contributed by atoms with Gasteiger partial charge in [-0.15, -0.1) is 0 Å². The van der Waals surface area contributed by atoms with Crippen molar-refractivity contribution in [1.29, 1.82) is 0 Å². The quantitative estimate of drug-likeness (QED) is 0.596. The van der Waals surface area contributed by atoms with E-state index in [0.717, 1.165) is 43.2 Å². The summed E-state index contributed by atoms with van der Waals surface area (Å²) < 4.78 is 5.07. The highest BCUT2D eigenvalue weighted by Gasteiger charge is 2.44. The summed E-state index contributed by atoms with van der Waals surface area (Å²) in [6.45, 7) is 4.51. The second-order valence-electron chi connectivity index (χ2n) is 7.32. The maximum absolute atomic E-state index is 11.8. The van der Waals surface area contributed by atoms with Crippen molar-refractivity contribution < 1.29 is 9.53 Å². The van der Waals surface area contributed by atoms with Crippen molar-refractivity contribution in [3.63, 3.8) is 0 Å². The smallest absolute Gasteiger partial charge is 0.409 e. The number of guanidine groups is 1. The molecular formula is C20H29ClN4O2. The molecule has 0 aromatic heterocycles. The Morgan fingerprint density at radius 3 is 2.70 bits per heavy atom. The second-order valence-corrected chi connectivity index (χ2v) is 7.76. The fraction of sp³-hybridized carbons (Fsp3) is 0.600. The van der Waals surface area contributed by atoms with Crippen LogP contribution in [-0.4, -0.2) is 56.3 Å². The lowest BCUT2D eigenvalue weighted by molar-refractivity contribution is 0.0963. The number of hydrogen-bond donors (Lipinski definition) is 2. The van der Waals surface area contributed by atoms with E-state index in [4.69, 9.17) is 16.3 Å². The molecule has 1 aliphatic carbocycles. The van der Waals surface area contributed by atoms with Crippen LogP contribution in [0.1, 0.15) is 38.2 Å². The molecule has 2 aliphatic rings. The molecule has 0 bridgehead atoms. The van der Waals surface area contributed by atoms with Crippen molar-refractivity contribution in [3.8, 4) is 0 Å². The Balaban J connectivity index is 1.47. The van der Waals surface area contributed by atoms with Crippen LogP contribution in [0.5, 0.6) is 0 Å². The van der Waals surface area contributed by atoms with E-state index in [2.05, 4.69) is 27.8 Å². The lowest BCUT2D eigenvalue weighted by atomic mass is 9.96. The van der Waals surface area contributed by atoms with Crippen molar-refractivity contribution in [1.82, 2.24) is 15.5 Å². The van der Waals surface area contributed by atoms with Crippen LogP contribution in [0.25, 0.3) is 0 Å². The molecular weight excluding hydrogens is 364 g/mol. The second kappa shape index (κ2) is 8.83. The highest BCUT2D eigenvalue weighted by Crippen LogP contribution is 2.48. The van der Waals surface area contributed by atoms with Crippen LogP contribution >= 0.6 is 11.6 Å². The number of piperidine rings is 1. The summed E-state index contributed by atoms with van der Waals surface area (Å²) in [7, 11) is 1.79. The first-order valence-electron chi connectivity index (χ1n) is 9.71. The number of benzene rings is 1. The molecule has 1 saturated heterocycles. The van der Waals surface area contributed by atoms with E-state index in [-0.39, 0.29) is 11.5 Å². The van der Waals surface area contributed by atoms with Crippen LogP contribution in [0.3, 0.4) is 0 Å². The fourth-order valence-corrected chi connectivity index (χ4v) is 3.79. The van der Waals surface area contributed by atoms with Gasteiger partial charge in [0.1, 0.15) is 0 Å². The molecule has 0 radical (unpaired) electrons. The average molecular weight is 393 g/mol. The zero-order chi connectivity index (χ0) is 19.3. The maximum Gasteiger partial charge on any atom is 0.409 e. The first-order valence-corrected chi connectivity index (χ1v) is 10.1. The van der Waals surface area contributed by atoms with Crippen molar-refractivity contribution in [2.45, 2.75) is 44.1 Å². The highest BCUT2D eigenvalue weighted by atomic mass is 35.5. The van der Waals surface area contributed by atoms with Crippen LogP contribution < -0.4 is 10.6 Å². The number of carbonyl (C=O) groups excluding carboxylic acids is 1. The highest BCUT2D eigenvalue weighted by molar-refractivity contribution is 6.30. The van der Waals surface area contributed by atoms with Crippen LogP contribution in [0.4, 0.5) is 4.79 Å². The number of carbonyl (C=O) groups is 1. The van der Waals surface area contributed by atoms with Gasteiger partial charge in [-0.05, 0) is 50.3 Å². The topological polar surface area (TPSA) is 66.0 Å². The van der Waals surface area contributed by atoms with Gasteiger partial charge in [0, 0.05) is 43.2 Å². The van der Waals surface area contributed by atoms with Crippen LogP contribution in [0.2, 0.25) is 5.02 Å². The lowest BCUT2D eigenvalue weighted by Crippen LogP contribution is -2.50. The first-order chi connectivity index (χ1) is 13.1. The molecule has 3 rings (SSSR count). The van der Waals surface area contributed by atoms with Gasteiger partial charge in [0.05, 0.1) is 6.61 Å². The number of nitrogens with one attached hydrogen (secondary N) is 2. The van der Waals surface area contributed by atoms with Gasteiger partial charge in [0.15, 0.2) is 5.96 Å². The van der Waals surface area contributed by atoms with Crippen LogP contribution in [0.15, 0.2) is 29.3 Å². The van der Waals surface area contributed by atoms with Crippen molar-refractivity contribution in [2.24, 2.45) is 4.99 Å². The number of hydrogen-bond acceptors (Lipinski definition) is 3. The van der Waals surface area contributed by atoms with E-state index in [1.165, 1.54) is 5.56 Å². The molecule has 1 aromatic carbocycles. The molecule has 148 valence electrons. The average Bonchev–Trinajstić information content (AvgIpc) is 3.47. The maximum atomic E-state index is 11.8. The number of nitrogens with zero attached hydrogens (tertiary/aromatic N) is 2. The van der Waals surface area contributed by atoms with Crippen molar-refractivity contribution in [3.05, 3.63) is 34.9 Å². The van der Waals surface area contributed by atoms with E-state index in [1.807, 2.05) is 19.1 Å². The zero-order valence-electron chi connectivity index (χ0n) is 16.1. The third kappa shape index (κ3) is 5.06. The molecule has 2 N–H and O–H groups in total. The third-order valence-corrected chi connectivity index (χ3v) is 5.71. The largest absolute Gasteiger partial charge is 0.450 e. The van der Waals surface area contributed by atoms with Crippen LogP contribution in [-0.2, 0) is 10.2 Å². The van der Waals surface area contributed by atoms with E-state index in [9.17, 15) is 4.79 Å². The van der Waals surface area contributed by atoms with Crippen molar-refractivity contribution >= 4 is 23.7 Å².